The molecule has 7 aromatic carbocycles. The van der Waals surface area contributed by atoms with Gasteiger partial charge in [-0.15, -0.1) is 22.7 Å². The fraction of sp³-hybridized carbons (Fsp3) is 0.198. The van der Waals surface area contributed by atoms with E-state index >= 15 is 28.8 Å². The molecular weight excluding hydrogens is 1320 g/mol. The van der Waals surface area contributed by atoms with E-state index in [0.29, 0.717) is 59.1 Å². The van der Waals surface area contributed by atoms with Crippen molar-refractivity contribution in [3.8, 4) is 9.75 Å². The smallest absolute Gasteiger partial charge is 0.334 e. The Balaban J connectivity index is 1.03. The van der Waals surface area contributed by atoms with Crippen LogP contribution in [-0.4, -0.2) is 69.7 Å². The number of aliphatic imine (C=N–C) groups is 2. The molecule has 2 fully saturated rings. The van der Waals surface area contributed by atoms with Crippen molar-refractivity contribution >= 4 is 99.4 Å². The number of carbonyl (C=O) groups excluding carboxylic acids is 9. The Morgan fingerprint density at radius 3 is 1.01 bits per heavy atom. The first-order valence-corrected chi connectivity index (χ1v) is 34.5. The van der Waals surface area contributed by atoms with Gasteiger partial charge in [-0.25, -0.2) is 9.98 Å². The van der Waals surface area contributed by atoms with E-state index in [1.165, 1.54) is 24.3 Å². The largest absolute Gasteiger partial charge is 0.459 e. The number of carbonyl (C=O) groups is 9. The summed E-state index contributed by atoms with van der Waals surface area (Å²) in [4.78, 5) is 155. The average molecular weight is 1380 g/mol. The van der Waals surface area contributed by atoms with E-state index in [2.05, 4.69) is 0 Å². The van der Waals surface area contributed by atoms with Crippen LogP contribution in [0.5, 0.6) is 0 Å². The number of nitrogens with zero attached hydrogens (tertiary/aromatic N) is 2. The van der Waals surface area contributed by atoms with Gasteiger partial charge in [-0.2, -0.15) is 0 Å². The molecule has 2 heterocycles. The molecule has 0 amide bonds. The van der Waals surface area contributed by atoms with Crippen LogP contribution in [0.3, 0.4) is 0 Å². The molecule has 2 aromatic heterocycles. The molecule has 0 bridgehead atoms. The number of rotatable bonds is 20. The predicted octanol–water partition coefficient (Wildman–Crippen LogP) is 12.5. The molecule has 1 N–H and O–H groups in total. The summed E-state index contributed by atoms with van der Waals surface area (Å²) < 4.78 is 38.4. The maximum absolute atomic E-state index is 17.2. The highest BCUT2D eigenvalue weighted by atomic mass is 32.1. The summed E-state index contributed by atoms with van der Waals surface area (Å²) in [5.41, 5.74) is -10.1. The van der Waals surface area contributed by atoms with Crippen LogP contribution in [0.4, 0.5) is 0 Å². The van der Waals surface area contributed by atoms with E-state index in [9.17, 15) is 19.5 Å². The molecule has 3 atom stereocenters. The summed E-state index contributed by atoms with van der Waals surface area (Å²) in [5.74, 6) is -11.7. The minimum atomic E-state index is -3.20. The van der Waals surface area contributed by atoms with Crippen molar-refractivity contribution in [2.45, 2.75) is 87.7 Å². The number of benzene rings is 7. The number of hydrogen-bond donors (Lipinski definition) is 1. The minimum absolute atomic E-state index is 0.00795. The Bertz CT molecular complexity index is 4810. The number of ketones is 3. The summed E-state index contributed by atoms with van der Waals surface area (Å²) >= 11 is 1.76. The van der Waals surface area contributed by atoms with Gasteiger partial charge >= 0.3 is 35.8 Å². The third kappa shape index (κ3) is 11.1. The molecule has 9 aromatic rings. The predicted molar refractivity (Wildman–Crippen MR) is 371 cm³/mol. The monoisotopic (exact) mass is 1380 g/mol. The van der Waals surface area contributed by atoms with Gasteiger partial charge < -0.3 is 33.5 Å². The summed E-state index contributed by atoms with van der Waals surface area (Å²) in [6, 6.07) is 57.3. The second-order valence-electron chi connectivity index (χ2n) is 25.3. The fourth-order valence-electron chi connectivity index (χ4n) is 14.5. The topological polar surface area (TPSA) is 254 Å². The van der Waals surface area contributed by atoms with Gasteiger partial charge in [-0.1, -0.05) is 219 Å². The van der Waals surface area contributed by atoms with Crippen LogP contribution in [0, 0.1) is 11.8 Å². The van der Waals surface area contributed by atoms with Gasteiger partial charge in [0.15, 0.2) is 11.6 Å². The molecule has 6 aliphatic rings. The Labute approximate surface area is 586 Å². The number of thiophene rings is 2. The highest BCUT2D eigenvalue weighted by Crippen LogP contribution is 2.68. The van der Waals surface area contributed by atoms with Crippen molar-refractivity contribution in [1.29, 1.82) is 0 Å². The molecule has 0 aliphatic heterocycles. The van der Waals surface area contributed by atoms with Gasteiger partial charge in [0, 0.05) is 49.4 Å². The summed E-state index contributed by atoms with van der Waals surface area (Å²) in [6.45, 7) is -3.02. The SMILES string of the molecule is O=C1C(=NC2=Cc3sc4c(c3C2(C(=O)OCc2ccccc2)C(=O)OCc2ccccc2)C(C(=O)OCc2ccccc2)(C(=O)OCc2ccccc2)c2c-4sc3c2C(C(=O)OCc2ccccc2)(C(=O)OCc2ccccc2)C(N=C2C(=O)C4CCCCC4C2=O)=C3)C(O)c2ccccc21. The van der Waals surface area contributed by atoms with E-state index in [0.717, 1.165) is 22.7 Å². The zero-order valence-corrected chi connectivity index (χ0v) is 55.5. The number of fused-ring (bicyclic) bond motifs is 9. The normalized spacial score (nSPS) is 18.6. The average Bonchev–Trinajstić information content (AvgIpc) is 1.48. The minimum Gasteiger partial charge on any atom is -0.459 e. The molecule has 20 heteroatoms. The van der Waals surface area contributed by atoms with Crippen molar-refractivity contribution in [1.82, 2.24) is 0 Å². The van der Waals surface area contributed by atoms with Crippen LogP contribution >= 0.6 is 22.7 Å². The number of ether oxygens (including phenoxy) is 6. The van der Waals surface area contributed by atoms with Gasteiger partial charge in [0.2, 0.25) is 22.0 Å². The van der Waals surface area contributed by atoms with Gasteiger partial charge in [-0.3, -0.25) is 43.2 Å². The third-order valence-electron chi connectivity index (χ3n) is 19.4. The number of esters is 6. The summed E-state index contributed by atoms with van der Waals surface area (Å²) in [7, 11) is 0. The molecule has 2 saturated carbocycles. The maximum atomic E-state index is 17.2. The lowest BCUT2D eigenvalue weighted by Gasteiger charge is -2.35. The van der Waals surface area contributed by atoms with Crippen LogP contribution in [0.2, 0.25) is 0 Å². The Kier molecular flexibility index (Phi) is 17.5. The van der Waals surface area contributed by atoms with Crippen LogP contribution in [0.1, 0.15) is 113 Å². The molecule has 18 nitrogen and oxygen atoms in total. The molecule has 0 saturated heterocycles. The second-order valence-corrected chi connectivity index (χ2v) is 27.4. The molecule has 101 heavy (non-hydrogen) atoms. The van der Waals surface area contributed by atoms with Crippen molar-refractivity contribution in [2.75, 3.05) is 0 Å². The molecule has 0 spiro atoms. The van der Waals surface area contributed by atoms with Gasteiger partial charge in [0.1, 0.15) is 57.2 Å². The Morgan fingerprint density at radius 1 is 0.386 bits per heavy atom. The van der Waals surface area contributed by atoms with Crippen molar-refractivity contribution in [3.63, 3.8) is 0 Å². The molecule has 6 aliphatic carbocycles. The van der Waals surface area contributed by atoms with E-state index in [-0.39, 0.29) is 30.6 Å². The lowest BCUT2D eigenvalue weighted by atomic mass is 9.67. The van der Waals surface area contributed by atoms with Crippen LogP contribution < -0.4 is 0 Å². The highest BCUT2D eigenvalue weighted by molar-refractivity contribution is 7.24. The molecule has 3 unspecified atom stereocenters. The first-order chi connectivity index (χ1) is 49.2. The number of Topliss-reactive ketones (excluding diaryl/α,β-unsaturated/α-hetero) is 3. The first kappa shape index (κ1) is 65.5. The van der Waals surface area contributed by atoms with Crippen LogP contribution in [0.15, 0.2) is 228 Å². The number of hydrogen-bond acceptors (Lipinski definition) is 20. The van der Waals surface area contributed by atoms with Gasteiger partial charge in [-0.05, 0) is 63.9 Å². The summed E-state index contributed by atoms with van der Waals surface area (Å²) in [5, 5.41) is 12.1. The quantitative estimate of drug-likeness (QED) is 0.0423. The standard InChI is InChI=1S/C81H60N2O16S2/c84-67-53-35-19-20-36-54(53)68(85)65(67)82-59-39-57-61(79(59,73(88)94-41-47-23-7-1-8-24-47)74(89)95-42-48-25-9-2-10-26-48)63-71(100-57)72-64(81(63,77(92)98-45-51-31-15-5-16-32-51)78(93)99-46-52-33-17-6-18-34-52)62-58(101-72)40-60(83-66-69(86)55-37-21-22-38-56(55)70(66)87)80(62,75(90)96-43-49-27-11-3-12-28-49)76(91)97-44-50-29-13-4-14-30-50/h1-20,23-36,39-40,55-56,67,84H,21-22,37-38,41-46H2. The second kappa shape index (κ2) is 27.0. The van der Waals surface area contributed by atoms with E-state index in [1.807, 2.05) is 0 Å². The Hall–Kier alpha value is -11.5. The highest BCUT2D eigenvalue weighted by Gasteiger charge is 2.72. The van der Waals surface area contributed by atoms with Gasteiger partial charge in [0.25, 0.3) is 0 Å². The maximum Gasteiger partial charge on any atom is 0.334 e. The van der Waals surface area contributed by atoms with Crippen LogP contribution in [0.25, 0.3) is 21.9 Å². The third-order valence-corrected chi connectivity index (χ3v) is 21.8. The fourth-order valence-corrected chi connectivity index (χ4v) is 17.3. The van der Waals surface area contributed by atoms with E-state index in [4.69, 9.17) is 38.4 Å². The lowest BCUT2D eigenvalue weighted by Crippen LogP contribution is -2.53. The molecule has 502 valence electrons. The molecule has 0 radical (unpaired) electrons. The van der Waals surface area contributed by atoms with Crippen molar-refractivity contribution in [3.05, 3.63) is 294 Å². The zero-order chi connectivity index (χ0) is 69.6. The van der Waals surface area contributed by atoms with Crippen molar-refractivity contribution in [2.24, 2.45) is 21.8 Å². The zero-order valence-electron chi connectivity index (χ0n) is 53.9. The van der Waals surface area contributed by atoms with E-state index in [1.54, 1.807) is 194 Å². The molecule has 15 rings (SSSR count). The lowest BCUT2D eigenvalue weighted by molar-refractivity contribution is -0.168. The van der Waals surface area contributed by atoms with Gasteiger partial charge in [0.05, 0.1) is 21.1 Å². The van der Waals surface area contributed by atoms with Crippen LogP contribution in [-0.2, 0) is 123 Å². The summed E-state index contributed by atoms with van der Waals surface area (Å²) in [6.07, 6.45) is 3.07. The van der Waals surface area contributed by atoms with E-state index < -0.39 is 172 Å². The van der Waals surface area contributed by atoms with Crippen molar-refractivity contribution < 1.29 is 76.7 Å². The first-order valence-electron chi connectivity index (χ1n) is 32.9. The number of aliphatic hydroxyl groups is 1. The number of aliphatic hydroxyl groups excluding tert-OH is 1. The Morgan fingerprint density at radius 2 is 0.683 bits per heavy atom. The molecular formula is C81H60N2O16S2.